The Morgan fingerprint density at radius 3 is 2.66 bits per heavy atom. The van der Waals surface area contributed by atoms with Crippen LogP contribution in [0.15, 0.2) is 83.7 Å². The number of hydrogen-bond acceptors (Lipinski definition) is 6. The molecule has 1 aliphatic heterocycles. The first kappa shape index (κ1) is 33.5. The Hall–Kier alpha value is -4.83. The molecule has 0 fully saturated rings. The number of hydrogen-bond donors (Lipinski definition) is 2. The highest BCUT2D eigenvalue weighted by Crippen LogP contribution is 2.39. The van der Waals surface area contributed by atoms with Gasteiger partial charge in [0, 0.05) is 55.2 Å². The van der Waals surface area contributed by atoms with Crippen LogP contribution in [0.25, 0.3) is 5.57 Å². The molecule has 0 radical (unpaired) electrons. The van der Waals surface area contributed by atoms with Crippen LogP contribution in [0.5, 0.6) is 11.6 Å². The predicted molar refractivity (Wildman–Crippen MR) is 176 cm³/mol. The van der Waals surface area contributed by atoms with Crippen LogP contribution >= 0.6 is 0 Å². The number of carbonyl (C=O) groups excluding carboxylic acids is 2. The molecule has 0 saturated carbocycles. The zero-order chi connectivity index (χ0) is 33.3. The number of nitrogens with zero attached hydrogens (tertiary/aromatic N) is 2. The van der Waals surface area contributed by atoms with Gasteiger partial charge in [-0.25, -0.2) is 13.8 Å². The first-order chi connectivity index (χ1) is 22.8. The molecule has 2 aliphatic rings. The van der Waals surface area contributed by atoms with Gasteiger partial charge in [-0.3, -0.25) is 14.6 Å². The van der Waals surface area contributed by atoms with E-state index in [1.54, 1.807) is 6.20 Å². The Morgan fingerprint density at radius 2 is 1.89 bits per heavy atom. The molecule has 1 unspecified atom stereocenters. The molecule has 10 heteroatoms. The maximum Gasteiger partial charge on any atom is 0.221 e. The van der Waals surface area contributed by atoms with Crippen molar-refractivity contribution in [2.75, 3.05) is 13.1 Å². The summed E-state index contributed by atoms with van der Waals surface area (Å²) in [4.78, 5) is 33.0. The summed E-state index contributed by atoms with van der Waals surface area (Å²) in [6.07, 6.45) is 12.5. The molecule has 244 valence electrons. The minimum Gasteiger partial charge on any atom is -0.436 e. The first-order valence-corrected chi connectivity index (χ1v) is 15.8. The molecule has 1 atom stereocenters. The summed E-state index contributed by atoms with van der Waals surface area (Å²) in [5.41, 5.74) is 10.4. The van der Waals surface area contributed by atoms with Crippen LogP contribution in [-0.4, -0.2) is 35.5 Å². The molecule has 5 rings (SSSR count). The molecular weight excluding hydrogens is 605 g/mol. The average molecular weight is 643 g/mol. The van der Waals surface area contributed by atoms with Gasteiger partial charge in [0.05, 0.1) is 11.9 Å². The van der Waals surface area contributed by atoms with Crippen molar-refractivity contribution in [3.8, 4) is 11.6 Å². The van der Waals surface area contributed by atoms with Crippen LogP contribution in [0.1, 0.15) is 66.1 Å². The van der Waals surface area contributed by atoms with E-state index in [2.05, 4.69) is 27.4 Å². The van der Waals surface area contributed by atoms with Gasteiger partial charge in [-0.2, -0.15) is 4.39 Å². The van der Waals surface area contributed by atoms with Crippen molar-refractivity contribution >= 4 is 23.0 Å². The largest absolute Gasteiger partial charge is 0.436 e. The fourth-order valence-electron chi connectivity index (χ4n) is 5.76. The third kappa shape index (κ3) is 8.13. The van der Waals surface area contributed by atoms with E-state index < -0.39 is 17.5 Å². The van der Waals surface area contributed by atoms with Gasteiger partial charge in [-0.15, -0.1) is 0 Å². The number of ether oxygens (including phenoxy) is 1. The maximum absolute atomic E-state index is 15.4. The zero-order valence-electron chi connectivity index (χ0n) is 26.2. The lowest BCUT2D eigenvalue weighted by molar-refractivity contribution is -0.120. The molecule has 0 saturated heterocycles. The van der Waals surface area contributed by atoms with Gasteiger partial charge < -0.3 is 15.8 Å². The fourth-order valence-corrected chi connectivity index (χ4v) is 5.76. The third-order valence-electron chi connectivity index (χ3n) is 8.17. The standard InChI is InChI=1S/C37H37F3N4O3/c1-2-24-19-23(10-12-27(24)31(45)9-5-6-18-42-33(46)16-17-41)20-25-7-3-4-8-29-30(22-44-37(25)29)28-13-14-32(36(40)35(28)39)47-34-15-11-26(38)21-43-34/h4,7-8,10-15,19,21-22,29H,2-3,5-6,9,16-18,20,41H2,1H3,(H,42,46). The number of ketones is 1. The maximum atomic E-state index is 15.4. The van der Waals surface area contributed by atoms with E-state index >= 15 is 8.78 Å². The Labute approximate surface area is 272 Å². The molecule has 2 heterocycles. The highest BCUT2D eigenvalue weighted by atomic mass is 19.2. The van der Waals surface area contributed by atoms with Gasteiger partial charge in [0.15, 0.2) is 17.3 Å². The summed E-state index contributed by atoms with van der Waals surface area (Å²) in [5.74, 6) is -3.60. The molecular formula is C37H37F3N4O3. The monoisotopic (exact) mass is 642 g/mol. The van der Waals surface area contributed by atoms with Gasteiger partial charge in [-0.1, -0.05) is 43.4 Å². The lowest BCUT2D eigenvalue weighted by Gasteiger charge is -2.18. The van der Waals surface area contributed by atoms with E-state index in [-0.39, 0.29) is 34.8 Å². The van der Waals surface area contributed by atoms with E-state index in [1.807, 2.05) is 31.2 Å². The second-order valence-corrected chi connectivity index (χ2v) is 11.4. The number of benzene rings is 2. The van der Waals surface area contributed by atoms with Gasteiger partial charge >= 0.3 is 0 Å². The van der Waals surface area contributed by atoms with E-state index in [9.17, 15) is 14.0 Å². The number of pyridine rings is 1. The minimum absolute atomic E-state index is 0.0609. The number of nitrogens with one attached hydrogen (secondary N) is 1. The molecule has 47 heavy (non-hydrogen) atoms. The lowest BCUT2D eigenvalue weighted by atomic mass is 9.85. The number of nitrogens with two attached hydrogens (primary N) is 1. The van der Waals surface area contributed by atoms with Crippen LogP contribution in [0.3, 0.4) is 0 Å². The van der Waals surface area contributed by atoms with Crippen LogP contribution in [-0.2, 0) is 17.6 Å². The smallest absolute Gasteiger partial charge is 0.221 e. The van der Waals surface area contributed by atoms with Gasteiger partial charge in [0.2, 0.25) is 17.6 Å². The molecule has 3 aromatic rings. The molecule has 0 spiro atoms. The molecule has 3 N–H and O–H groups in total. The number of carbonyl (C=O) groups is 2. The van der Waals surface area contributed by atoms with Gasteiger partial charge in [0.1, 0.15) is 5.82 Å². The van der Waals surface area contributed by atoms with Crippen molar-refractivity contribution in [1.29, 1.82) is 0 Å². The molecule has 1 aliphatic carbocycles. The molecule has 1 aromatic heterocycles. The summed E-state index contributed by atoms with van der Waals surface area (Å²) in [7, 11) is 0. The SMILES string of the molecule is CCc1cc(CC2=CCC=CC3C(c4ccc(Oc5ccc(F)cn5)c(F)c4F)=CN=C23)ccc1C(=O)CCCCNC(=O)CCN. The lowest BCUT2D eigenvalue weighted by Crippen LogP contribution is -2.26. The number of unbranched alkanes of at least 4 members (excludes halogenated alkanes) is 1. The molecule has 1 amide bonds. The average Bonchev–Trinajstić information content (AvgIpc) is 3.38. The predicted octanol–water partition coefficient (Wildman–Crippen LogP) is 7.21. The third-order valence-corrected chi connectivity index (χ3v) is 8.17. The second kappa shape index (κ2) is 15.6. The topological polar surface area (TPSA) is 107 Å². The highest BCUT2D eigenvalue weighted by Gasteiger charge is 2.30. The van der Waals surface area contributed by atoms with Gasteiger partial charge in [-0.05, 0) is 72.6 Å². The summed E-state index contributed by atoms with van der Waals surface area (Å²) in [5, 5.41) is 2.81. The normalized spacial score (nSPS) is 15.3. The first-order valence-electron chi connectivity index (χ1n) is 15.8. The Morgan fingerprint density at radius 1 is 1.04 bits per heavy atom. The quantitative estimate of drug-likeness (QED) is 0.110. The Kier molecular flexibility index (Phi) is 11.2. The van der Waals surface area contributed by atoms with Gasteiger partial charge in [0.25, 0.3) is 0 Å². The van der Waals surface area contributed by atoms with E-state index in [0.29, 0.717) is 69.2 Å². The van der Waals surface area contributed by atoms with E-state index in [0.717, 1.165) is 34.7 Å². The number of aliphatic imine (C=N–C) groups is 1. The van der Waals surface area contributed by atoms with Crippen LogP contribution in [0, 0.1) is 23.4 Å². The summed E-state index contributed by atoms with van der Waals surface area (Å²) < 4.78 is 49.1. The van der Waals surface area contributed by atoms with Crippen molar-refractivity contribution in [3.05, 3.63) is 118 Å². The number of Topliss-reactive ketones (excluding diaryl/α,β-unsaturated/α-hetero) is 1. The summed E-state index contributed by atoms with van der Waals surface area (Å²) in [6.45, 7) is 2.85. The van der Waals surface area contributed by atoms with E-state index in [4.69, 9.17) is 10.5 Å². The van der Waals surface area contributed by atoms with Crippen LogP contribution in [0.4, 0.5) is 13.2 Å². The zero-order valence-corrected chi connectivity index (χ0v) is 26.2. The van der Waals surface area contributed by atoms with Crippen LogP contribution in [0.2, 0.25) is 0 Å². The Balaban J connectivity index is 1.24. The minimum atomic E-state index is -1.17. The van der Waals surface area contributed by atoms with E-state index in [1.165, 1.54) is 18.2 Å². The van der Waals surface area contributed by atoms with Crippen molar-refractivity contribution < 1.29 is 27.5 Å². The van der Waals surface area contributed by atoms with Crippen molar-refractivity contribution in [1.82, 2.24) is 10.3 Å². The number of aryl methyl sites for hydroxylation is 1. The molecule has 2 aromatic carbocycles. The van der Waals surface area contributed by atoms with Crippen LogP contribution < -0.4 is 15.8 Å². The second-order valence-electron chi connectivity index (χ2n) is 11.4. The van der Waals surface area contributed by atoms with Crippen molar-refractivity contribution in [2.24, 2.45) is 16.6 Å². The number of amides is 1. The summed E-state index contributed by atoms with van der Waals surface area (Å²) >= 11 is 0. The molecule has 0 bridgehead atoms. The van der Waals surface area contributed by atoms with Crippen molar-refractivity contribution in [2.45, 2.75) is 51.9 Å². The number of fused-ring (bicyclic) bond motifs is 1. The number of aromatic nitrogens is 1. The molecule has 7 nitrogen and oxygen atoms in total. The highest BCUT2D eigenvalue weighted by molar-refractivity contribution is 6.12. The summed E-state index contributed by atoms with van der Waals surface area (Å²) in [6, 6.07) is 11.0. The number of halogens is 3. The Bertz CT molecular complexity index is 1760. The number of allylic oxidation sites excluding steroid dienone is 5. The van der Waals surface area contributed by atoms with Crippen molar-refractivity contribution in [3.63, 3.8) is 0 Å². The number of rotatable bonds is 14. The fraction of sp³-hybridized carbons (Fsp3) is 0.297.